The Morgan fingerprint density at radius 1 is 0.400 bits per heavy atom. The van der Waals surface area contributed by atoms with Gasteiger partial charge in [-0.3, -0.25) is 0 Å². The van der Waals surface area contributed by atoms with Crippen molar-refractivity contribution in [1.82, 2.24) is 0 Å². The number of hydrogen-bond donors (Lipinski definition) is 0. The van der Waals surface area contributed by atoms with Gasteiger partial charge in [0.2, 0.25) is 0 Å². The van der Waals surface area contributed by atoms with E-state index in [4.69, 9.17) is 0 Å². The van der Waals surface area contributed by atoms with E-state index in [1.54, 1.807) is 0 Å². The highest BCUT2D eigenvalue weighted by molar-refractivity contribution is 4.67. The molecule has 0 saturated carbocycles. The molecule has 0 aliphatic rings. The quantitative estimate of drug-likeness (QED) is 0.191. The topological polar surface area (TPSA) is 0 Å². The van der Waals surface area contributed by atoms with Gasteiger partial charge in [0.05, 0.1) is 0 Å². The maximum Gasteiger partial charge on any atom is -0.0412 e. The molecular formula is C25H52. The van der Waals surface area contributed by atoms with Crippen LogP contribution in [0.1, 0.15) is 150 Å². The molecule has 0 aliphatic carbocycles. The van der Waals surface area contributed by atoms with E-state index < -0.39 is 0 Å². The van der Waals surface area contributed by atoms with Crippen LogP contribution >= 0.6 is 0 Å². The third-order valence-corrected chi connectivity index (χ3v) is 6.14. The van der Waals surface area contributed by atoms with Crippen molar-refractivity contribution in [3.8, 4) is 0 Å². The second kappa shape index (κ2) is 20.3. The number of hydrogen-bond acceptors (Lipinski definition) is 0. The lowest BCUT2D eigenvalue weighted by molar-refractivity contribution is 0.294. The monoisotopic (exact) mass is 352 g/mol. The molecule has 0 aromatic rings. The Morgan fingerprint density at radius 3 is 1.20 bits per heavy atom. The smallest absolute Gasteiger partial charge is 0.0412 e. The van der Waals surface area contributed by atoms with Crippen molar-refractivity contribution in [2.75, 3.05) is 0 Å². The van der Waals surface area contributed by atoms with Gasteiger partial charge in [-0.1, -0.05) is 143 Å². The molecule has 0 spiro atoms. The van der Waals surface area contributed by atoms with Crippen molar-refractivity contribution in [2.45, 2.75) is 150 Å². The van der Waals surface area contributed by atoms with E-state index in [-0.39, 0.29) is 0 Å². The third-order valence-electron chi connectivity index (χ3n) is 6.14. The van der Waals surface area contributed by atoms with Crippen molar-refractivity contribution in [3.63, 3.8) is 0 Å². The SMILES string of the molecule is CCCCCCCCC(CC)CC(CCCCCC)CCCCCC. The molecule has 0 heteroatoms. The van der Waals surface area contributed by atoms with Crippen LogP contribution in [0.25, 0.3) is 0 Å². The van der Waals surface area contributed by atoms with Crippen molar-refractivity contribution in [2.24, 2.45) is 11.8 Å². The average Bonchev–Trinajstić information content (AvgIpc) is 2.63. The van der Waals surface area contributed by atoms with Crippen LogP contribution in [0.15, 0.2) is 0 Å². The Hall–Kier alpha value is 0. The van der Waals surface area contributed by atoms with Crippen LogP contribution in [-0.2, 0) is 0 Å². The van der Waals surface area contributed by atoms with Crippen LogP contribution < -0.4 is 0 Å². The third kappa shape index (κ3) is 17.2. The first kappa shape index (κ1) is 25.0. The normalized spacial score (nSPS) is 12.8. The molecule has 1 atom stereocenters. The predicted octanol–water partition coefficient (Wildman–Crippen LogP) is 9.71. The second-order valence-electron chi connectivity index (χ2n) is 8.63. The molecule has 0 fully saturated rings. The van der Waals surface area contributed by atoms with Crippen molar-refractivity contribution in [3.05, 3.63) is 0 Å². The zero-order chi connectivity index (χ0) is 18.6. The van der Waals surface area contributed by atoms with Gasteiger partial charge in [0.1, 0.15) is 0 Å². The van der Waals surface area contributed by atoms with E-state index in [9.17, 15) is 0 Å². The summed E-state index contributed by atoms with van der Waals surface area (Å²) < 4.78 is 0. The van der Waals surface area contributed by atoms with Gasteiger partial charge in [0.15, 0.2) is 0 Å². The van der Waals surface area contributed by atoms with Gasteiger partial charge in [0, 0.05) is 0 Å². The molecule has 0 aromatic heterocycles. The Morgan fingerprint density at radius 2 is 0.760 bits per heavy atom. The Bertz CT molecular complexity index is 220. The summed E-state index contributed by atoms with van der Waals surface area (Å²) >= 11 is 0. The zero-order valence-corrected chi connectivity index (χ0v) is 18.6. The van der Waals surface area contributed by atoms with Gasteiger partial charge in [-0.2, -0.15) is 0 Å². The molecule has 0 N–H and O–H groups in total. The lowest BCUT2D eigenvalue weighted by atomic mass is 9.83. The van der Waals surface area contributed by atoms with Crippen molar-refractivity contribution < 1.29 is 0 Å². The summed E-state index contributed by atoms with van der Waals surface area (Å²) in [4.78, 5) is 0. The Labute approximate surface area is 161 Å². The van der Waals surface area contributed by atoms with Crippen LogP contribution in [0.2, 0.25) is 0 Å². The maximum atomic E-state index is 2.44. The molecule has 152 valence electrons. The van der Waals surface area contributed by atoms with Gasteiger partial charge < -0.3 is 0 Å². The number of rotatable bonds is 20. The van der Waals surface area contributed by atoms with Crippen LogP contribution in [0, 0.1) is 11.8 Å². The Kier molecular flexibility index (Phi) is 20.3. The maximum absolute atomic E-state index is 2.44. The fourth-order valence-corrected chi connectivity index (χ4v) is 4.27. The van der Waals surface area contributed by atoms with Crippen LogP contribution in [0.3, 0.4) is 0 Å². The molecule has 1 unspecified atom stereocenters. The fourth-order valence-electron chi connectivity index (χ4n) is 4.27. The Balaban J connectivity index is 4.06. The molecule has 0 amide bonds. The minimum absolute atomic E-state index is 1.01. The van der Waals surface area contributed by atoms with E-state index in [1.807, 2.05) is 0 Å². The summed E-state index contributed by atoms with van der Waals surface area (Å²) in [5, 5.41) is 0. The van der Waals surface area contributed by atoms with Gasteiger partial charge in [0.25, 0.3) is 0 Å². The highest BCUT2D eigenvalue weighted by Crippen LogP contribution is 2.29. The van der Waals surface area contributed by atoms with Crippen molar-refractivity contribution in [1.29, 1.82) is 0 Å². The van der Waals surface area contributed by atoms with E-state index >= 15 is 0 Å². The van der Waals surface area contributed by atoms with Crippen LogP contribution in [-0.4, -0.2) is 0 Å². The molecule has 0 bridgehead atoms. The van der Waals surface area contributed by atoms with Crippen LogP contribution in [0.5, 0.6) is 0 Å². The zero-order valence-electron chi connectivity index (χ0n) is 18.6. The lowest BCUT2D eigenvalue weighted by Gasteiger charge is -2.23. The first-order chi connectivity index (χ1) is 12.3. The lowest BCUT2D eigenvalue weighted by Crippen LogP contribution is -2.09. The van der Waals surface area contributed by atoms with Crippen LogP contribution in [0.4, 0.5) is 0 Å². The highest BCUT2D eigenvalue weighted by Gasteiger charge is 2.15. The molecule has 0 heterocycles. The summed E-state index contributed by atoms with van der Waals surface area (Å²) in [5.41, 5.74) is 0. The van der Waals surface area contributed by atoms with Crippen molar-refractivity contribution >= 4 is 0 Å². The first-order valence-electron chi connectivity index (χ1n) is 12.3. The van der Waals surface area contributed by atoms with Gasteiger partial charge in [-0.05, 0) is 18.3 Å². The largest absolute Gasteiger partial charge is 0.0654 e. The van der Waals surface area contributed by atoms with Gasteiger partial charge in [-0.25, -0.2) is 0 Å². The summed E-state index contributed by atoms with van der Waals surface area (Å²) in [6, 6.07) is 0. The van der Waals surface area contributed by atoms with Gasteiger partial charge in [-0.15, -0.1) is 0 Å². The van der Waals surface area contributed by atoms with Gasteiger partial charge >= 0.3 is 0 Å². The molecule has 0 aromatic carbocycles. The first-order valence-corrected chi connectivity index (χ1v) is 12.3. The van der Waals surface area contributed by atoms with E-state index in [2.05, 4.69) is 27.7 Å². The van der Waals surface area contributed by atoms with E-state index in [0.717, 1.165) is 11.8 Å². The minimum Gasteiger partial charge on any atom is -0.0654 e. The molecule has 0 saturated heterocycles. The molecule has 0 radical (unpaired) electrons. The second-order valence-corrected chi connectivity index (χ2v) is 8.63. The molecule has 0 aliphatic heterocycles. The van der Waals surface area contributed by atoms with E-state index in [1.165, 1.54) is 122 Å². The molecule has 0 nitrogen and oxygen atoms in total. The summed E-state index contributed by atoms with van der Waals surface area (Å²) in [7, 11) is 0. The minimum atomic E-state index is 1.01. The average molecular weight is 353 g/mol. The summed E-state index contributed by atoms with van der Waals surface area (Å²) in [6.45, 7) is 9.41. The van der Waals surface area contributed by atoms with E-state index in [0.29, 0.717) is 0 Å². The molecular weight excluding hydrogens is 300 g/mol. The number of unbranched alkanes of at least 4 members (excludes halogenated alkanes) is 11. The predicted molar refractivity (Wildman–Crippen MR) is 117 cm³/mol. The standard InChI is InChI=1S/C25H52/c1-5-9-12-15-16-19-20-24(8-4)23-25(21-17-13-10-6-2)22-18-14-11-7-3/h24-25H,5-23H2,1-4H3. The summed E-state index contributed by atoms with van der Waals surface area (Å²) in [6.07, 6.45) is 27.7. The fraction of sp³-hybridized carbons (Fsp3) is 1.00. The molecule has 0 rings (SSSR count). The molecule has 25 heavy (non-hydrogen) atoms. The summed E-state index contributed by atoms with van der Waals surface area (Å²) in [5.74, 6) is 2.03. The highest BCUT2D eigenvalue weighted by atomic mass is 14.2.